The maximum absolute atomic E-state index is 5.99. The normalized spacial score (nSPS) is 14.8. The van der Waals surface area contributed by atoms with Crippen molar-refractivity contribution in [2.75, 3.05) is 0 Å². The summed E-state index contributed by atoms with van der Waals surface area (Å²) in [4.78, 5) is 4.70. The molecule has 0 fully saturated rings. The van der Waals surface area contributed by atoms with Gasteiger partial charge in [0.05, 0.1) is 0 Å². The zero-order valence-electron chi connectivity index (χ0n) is 12.9. The lowest BCUT2D eigenvalue weighted by Gasteiger charge is -2.33. The first-order valence-electron chi connectivity index (χ1n) is 7.02. The fraction of sp³-hybridized carbons (Fsp3) is 0.588. The molecule has 2 heteroatoms. The summed E-state index contributed by atoms with van der Waals surface area (Å²) in [5.74, 6) is 1.21. The topological polar surface area (TPSA) is 26.0 Å². The average molecular weight is 259 g/mol. The zero-order valence-corrected chi connectivity index (χ0v) is 12.9. The molecule has 0 bridgehead atoms. The largest absolute Gasteiger partial charge is 0.440 e. The number of hydrogen-bond acceptors (Lipinski definition) is 2. The Kier molecular flexibility index (Phi) is 3.46. The maximum Gasteiger partial charge on any atom is 0.199 e. The van der Waals surface area contributed by atoms with Gasteiger partial charge in [-0.2, -0.15) is 0 Å². The SMILES string of the molecule is CC(C)(C)CC(c1nc2ccccc2o1)C(C)(C)C. The van der Waals surface area contributed by atoms with Gasteiger partial charge in [-0.25, -0.2) is 4.98 Å². The summed E-state index contributed by atoms with van der Waals surface area (Å²) in [5.41, 5.74) is 2.26. The first-order valence-corrected chi connectivity index (χ1v) is 7.02. The molecule has 1 unspecified atom stereocenters. The van der Waals surface area contributed by atoms with E-state index in [2.05, 4.69) is 41.5 Å². The Balaban J connectivity index is 2.43. The summed E-state index contributed by atoms with van der Waals surface area (Å²) in [6, 6.07) is 8.00. The number of hydrogen-bond donors (Lipinski definition) is 0. The fourth-order valence-corrected chi connectivity index (χ4v) is 2.42. The summed E-state index contributed by atoms with van der Waals surface area (Å²) >= 11 is 0. The molecule has 0 saturated heterocycles. The third-order valence-corrected chi connectivity index (χ3v) is 3.47. The van der Waals surface area contributed by atoms with Gasteiger partial charge in [0.15, 0.2) is 11.5 Å². The van der Waals surface area contributed by atoms with Crippen molar-refractivity contribution in [3.05, 3.63) is 30.2 Å². The minimum Gasteiger partial charge on any atom is -0.440 e. The van der Waals surface area contributed by atoms with Crippen molar-refractivity contribution >= 4 is 11.1 Å². The van der Waals surface area contributed by atoms with E-state index < -0.39 is 0 Å². The van der Waals surface area contributed by atoms with Crippen LogP contribution in [0.25, 0.3) is 11.1 Å². The van der Waals surface area contributed by atoms with Gasteiger partial charge in [-0.3, -0.25) is 0 Å². The van der Waals surface area contributed by atoms with E-state index in [1.807, 2.05) is 24.3 Å². The van der Waals surface area contributed by atoms with Crippen LogP contribution in [-0.4, -0.2) is 4.98 Å². The minimum atomic E-state index is 0.147. The van der Waals surface area contributed by atoms with Gasteiger partial charge in [-0.15, -0.1) is 0 Å². The van der Waals surface area contributed by atoms with E-state index in [0.29, 0.717) is 5.92 Å². The molecule has 0 spiro atoms. The second-order valence-corrected chi connectivity index (χ2v) is 7.70. The zero-order chi connectivity index (χ0) is 14.3. The molecule has 1 heterocycles. The molecule has 2 rings (SSSR count). The highest BCUT2D eigenvalue weighted by molar-refractivity contribution is 5.72. The number of oxazole rings is 1. The van der Waals surface area contributed by atoms with Crippen molar-refractivity contribution < 1.29 is 4.42 Å². The molecule has 0 N–H and O–H groups in total. The van der Waals surface area contributed by atoms with Crippen molar-refractivity contribution in [2.45, 2.75) is 53.9 Å². The van der Waals surface area contributed by atoms with Gasteiger partial charge < -0.3 is 4.42 Å². The quantitative estimate of drug-likeness (QED) is 0.722. The van der Waals surface area contributed by atoms with Gasteiger partial charge in [-0.05, 0) is 29.4 Å². The van der Waals surface area contributed by atoms with Crippen LogP contribution < -0.4 is 0 Å². The van der Waals surface area contributed by atoms with Crippen molar-refractivity contribution in [1.29, 1.82) is 0 Å². The highest BCUT2D eigenvalue weighted by atomic mass is 16.3. The predicted molar refractivity (Wildman–Crippen MR) is 80.3 cm³/mol. The molecule has 19 heavy (non-hydrogen) atoms. The molecule has 104 valence electrons. The van der Waals surface area contributed by atoms with Crippen molar-refractivity contribution in [2.24, 2.45) is 10.8 Å². The standard InChI is InChI=1S/C17H25NO/c1-16(2,3)11-12(17(4,5)6)15-18-13-9-7-8-10-14(13)19-15/h7-10,12H,11H2,1-6H3. The Morgan fingerprint density at radius 2 is 1.68 bits per heavy atom. The lowest BCUT2D eigenvalue weighted by Crippen LogP contribution is -2.24. The maximum atomic E-state index is 5.99. The van der Waals surface area contributed by atoms with E-state index in [-0.39, 0.29) is 10.8 Å². The van der Waals surface area contributed by atoms with E-state index in [0.717, 1.165) is 23.4 Å². The number of fused-ring (bicyclic) bond motifs is 1. The summed E-state index contributed by atoms with van der Waals surface area (Å²) in [6.07, 6.45) is 1.07. The second-order valence-electron chi connectivity index (χ2n) is 7.70. The summed E-state index contributed by atoms with van der Waals surface area (Å²) < 4.78 is 5.99. The van der Waals surface area contributed by atoms with Crippen LogP contribution in [0.2, 0.25) is 0 Å². The Hall–Kier alpha value is -1.31. The number of rotatable bonds is 2. The van der Waals surface area contributed by atoms with E-state index >= 15 is 0 Å². The predicted octanol–water partition coefficient (Wildman–Crippen LogP) is 5.39. The molecule has 0 saturated carbocycles. The molecule has 2 aromatic rings. The first kappa shape index (κ1) is 14.1. The van der Waals surface area contributed by atoms with Crippen molar-refractivity contribution in [3.8, 4) is 0 Å². The Morgan fingerprint density at radius 1 is 1.05 bits per heavy atom. The lowest BCUT2D eigenvalue weighted by molar-refractivity contribution is 0.201. The van der Waals surface area contributed by atoms with Gasteiger partial charge in [0.25, 0.3) is 0 Å². The highest BCUT2D eigenvalue weighted by Gasteiger charge is 2.33. The summed E-state index contributed by atoms with van der Waals surface area (Å²) in [5, 5.41) is 0. The average Bonchev–Trinajstić information content (AvgIpc) is 2.66. The van der Waals surface area contributed by atoms with Gasteiger partial charge in [0, 0.05) is 5.92 Å². The van der Waals surface area contributed by atoms with Crippen molar-refractivity contribution in [3.63, 3.8) is 0 Å². The molecule has 0 aliphatic carbocycles. The third-order valence-electron chi connectivity index (χ3n) is 3.47. The molecular formula is C17H25NO. The molecule has 2 nitrogen and oxygen atoms in total. The smallest absolute Gasteiger partial charge is 0.199 e. The van der Waals surface area contributed by atoms with Crippen LogP contribution >= 0.6 is 0 Å². The third kappa shape index (κ3) is 3.37. The van der Waals surface area contributed by atoms with E-state index in [1.54, 1.807) is 0 Å². The fourth-order valence-electron chi connectivity index (χ4n) is 2.42. The van der Waals surface area contributed by atoms with Gasteiger partial charge >= 0.3 is 0 Å². The van der Waals surface area contributed by atoms with E-state index in [1.165, 1.54) is 0 Å². The van der Waals surface area contributed by atoms with Gasteiger partial charge in [0.2, 0.25) is 0 Å². The Bertz CT molecular complexity index is 521. The van der Waals surface area contributed by atoms with Gasteiger partial charge in [0.1, 0.15) is 5.52 Å². The van der Waals surface area contributed by atoms with Crippen LogP contribution in [0.5, 0.6) is 0 Å². The van der Waals surface area contributed by atoms with Crippen LogP contribution in [-0.2, 0) is 0 Å². The monoisotopic (exact) mass is 259 g/mol. The Morgan fingerprint density at radius 3 is 2.21 bits per heavy atom. The summed E-state index contributed by atoms with van der Waals surface area (Å²) in [6.45, 7) is 13.6. The van der Waals surface area contributed by atoms with Crippen LogP contribution in [0.1, 0.15) is 59.8 Å². The molecule has 0 aliphatic rings. The second kappa shape index (κ2) is 4.66. The number of benzene rings is 1. The number of para-hydroxylation sites is 2. The molecule has 1 atom stereocenters. The Labute approximate surface area is 116 Å². The highest BCUT2D eigenvalue weighted by Crippen LogP contribution is 2.43. The molecule has 1 aromatic carbocycles. The number of nitrogens with zero attached hydrogens (tertiary/aromatic N) is 1. The van der Waals surface area contributed by atoms with E-state index in [4.69, 9.17) is 9.40 Å². The van der Waals surface area contributed by atoms with Crippen LogP contribution in [0, 0.1) is 10.8 Å². The first-order chi connectivity index (χ1) is 8.67. The molecule has 0 aliphatic heterocycles. The van der Waals surface area contributed by atoms with Gasteiger partial charge in [-0.1, -0.05) is 53.7 Å². The molecule has 0 amide bonds. The van der Waals surface area contributed by atoms with Crippen LogP contribution in [0.4, 0.5) is 0 Å². The van der Waals surface area contributed by atoms with Crippen molar-refractivity contribution in [1.82, 2.24) is 4.98 Å². The minimum absolute atomic E-state index is 0.147. The molecular weight excluding hydrogens is 234 g/mol. The van der Waals surface area contributed by atoms with E-state index in [9.17, 15) is 0 Å². The summed E-state index contributed by atoms with van der Waals surface area (Å²) in [7, 11) is 0. The van der Waals surface area contributed by atoms with Crippen LogP contribution in [0.3, 0.4) is 0 Å². The lowest BCUT2D eigenvalue weighted by atomic mass is 9.72. The number of aromatic nitrogens is 1. The molecule has 0 radical (unpaired) electrons. The van der Waals surface area contributed by atoms with Crippen LogP contribution in [0.15, 0.2) is 28.7 Å². The molecule has 1 aromatic heterocycles.